The molecular weight excluding hydrogens is 256 g/mol. The second-order valence-electron chi connectivity index (χ2n) is 8.49. The Kier molecular flexibility index (Phi) is 5.27. The molecule has 0 aromatic heterocycles. The zero-order chi connectivity index (χ0) is 14.8. The zero-order valence-corrected chi connectivity index (χ0v) is 14.3. The summed E-state index contributed by atoms with van der Waals surface area (Å²) in [7, 11) is 0. The highest BCUT2D eigenvalue weighted by atomic mass is 15.2. The molecule has 1 heterocycles. The van der Waals surface area contributed by atoms with Gasteiger partial charge in [0.05, 0.1) is 0 Å². The molecule has 3 aliphatic rings. The summed E-state index contributed by atoms with van der Waals surface area (Å²) in [6, 6.07) is 1.36. The number of likely N-dealkylation sites (tertiary alicyclic amines) is 1. The van der Waals surface area contributed by atoms with Crippen LogP contribution in [0, 0.1) is 23.7 Å². The van der Waals surface area contributed by atoms with Gasteiger partial charge in [-0.15, -0.1) is 0 Å². The van der Waals surface area contributed by atoms with Gasteiger partial charge in [0.25, 0.3) is 0 Å². The summed E-state index contributed by atoms with van der Waals surface area (Å²) in [5, 5.41) is 0. The number of hydrogen-bond acceptors (Lipinski definition) is 2. The van der Waals surface area contributed by atoms with E-state index in [1.807, 2.05) is 0 Å². The fourth-order valence-corrected chi connectivity index (χ4v) is 5.39. The van der Waals surface area contributed by atoms with Crippen molar-refractivity contribution in [2.45, 2.75) is 83.7 Å². The monoisotopic (exact) mass is 292 g/mol. The van der Waals surface area contributed by atoms with Crippen molar-refractivity contribution in [3.63, 3.8) is 0 Å². The largest absolute Gasteiger partial charge is 0.327 e. The first-order valence-electron chi connectivity index (χ1n) is 9.64. The van der Waals surface area contributed by atoms with Gasteiger partial charge in [-0.2, -0.15) is 0 Å². The van der Waals surface area contributed by atoms with Crippen LogP contribution in [0.15, 0.2) is 0 Å². The molecule has 122 valence electrons. The van der Waals surface area contributed by atoms with Crippen LogP contribution in [-0.2, 0) is 0 Å². The summed E-state index contributed by atoms with van der Waals surface area (Å²) in [4.78, 5) is 2.85. The summed E-state index contributed by atoms with van der Waals surface area (Å²) < 4.78 is 0. The van der Waals surface area contributed by atoms with Gasteiger partial charge >= 0.3 is 0 Å². The lowest BCUT2D eigenvalue weighted by Crippen LogP contribution is -2.46. The molecule has 2 N–H and O–H groups in total. The van der Waals surface area contributed by atoms with E-state index in [2.05, 4.69) is 18.7 Å². The van der Waals surface area contributed by atoms with Crippen molar-refractivity contribution in [1.82, 2.24) is 4.90 Å². The van der Waals surface area contributed by atoms with Gasteiger partial charge in [0.1, 0.15) is 0 Å². The smallest absolute Gasteiger partial charge is 0.0124 e. The Labute approximate surface area is 131 Å². The van der Waals surface area contributed by atoms with Gasteiger partial charge in [0.2, 0.25) is 0 Å². The average molecular weight is 293 g/mol. The molecule has 4 unspecified atom stereocenters. The van der Waals surface area contributed by atoms with Crippen molar-refractivity contribution in [1.29, 1.82) is 0 Å². The van der Waals surface area contributed by atoms with Crippen LogP contribution in [0.25, 0.3) is 0 Å². The quantitative estimate of drug-likeness (QED) is 0.847. The minimum Gasteiger partial charge on any atom is -0.327 e. The molecule has 0 radical (unpaired) electrons. The molecule has 3 rings (SSSR count). The Hall–Kier alpha value is -0.0800. The standard InChI is InChI=1S/C19H36N2/c1-14(2)16-9-10-18(20)17(12-16)13-21-11-5-8-19(21)15-6-3-4-7-15/h14-19H,3-13,20H2,1-2H3. The molecule has 1 saturated heterocycles. The van der Waals surface area contributed by atoms with E-state index in [0.29, 0.717) is 6.04 Å². The predicted octanol–water partition coefficient (Wildman–Crippen LogP) is 4.04. The lowest BCUT2D eigenvalue weighted by atomic mass is 9.73. The molecule has 21 heavy (non-hydrogen) atoms. The van der Waals surface area contributed by atoms with Gasteiger partial charge < -0.3 is 5.73 Å². The van der Waals surface area contributed by atoms with Gasteiger partial charge in [-0.1, -0.05) is 26.7 Å². The SMILES string of the molecule is CC(C)C1CCC(N)C(CN2CCCC2C2CCCC2)C1. The fourth-order valence-electron chi connectivity index (χ4n) is 5.39. The Morgan fingerprint density at radius 2 is 1.76 bits per heavy atom. The fraction of sp³-hybridized carbons (Fsp3) is 1.00. The van der Waals surface area contributed by atoms with Gasteiger partial charge in [-0.3, -0.25) is 4.90 Å². The molecule has 1 aliphatic heterocycles. The van der Waals surface area contributed by atoms with Crippen LogP contribution in [0.2, 0.25) is 0 Å². The zero-order valence-electron chi connectivity index (χ0n) is 14.3. The van der Waals surface area contributed by atoms with Crippen molar-refractivity contribution in [3.8, 4) is 0 Å². The molecule has 2 heteroatoms. The van der Waals surface area contributed by atoms with Crippen molar-refractivity contribution in [3.05, 3.63) is 0 Å². The van der Waals surface area contributed by atoms with Crippen LogP contribution >= 0.6 is 0 Å². The molecule has 0 amide bonds. The Morgan fingerprint density at radius 1 is 1.00 bits per heavy atom. The van der Waals surface area contributed by atoms with Crippen LogP contribution in [0.4, 0.5) is 0 Å². The predicted molar refractivity (Wildman–Crippen MR) is 90.2 cm³/mol. The van der Waals surface area contributed by atoms with Gasteiger partial charge in [0, 0.05) is 18.6 Å². The molecule has 2 aliphatic carbocycles. The lowest BCUT2D eigenvalue weighted by Gasteiger charge is -2.40. The van der Waals surface area contributed by atoms with Crippen LogP contribution in [0.3, 0.4) is 0 Å². The van der Waals surface area contributed by atoms with Crippen LogP contribution in [-0.4, -0.2) is 30.1 Å². The van der Waals surface area contributed by atoms with E-state index in [0.717, 1.165) is 29.7 Å². The molecule has 0 bridgehead atoms. The molecule has 0 aromatic carbocycles. The molecule has 0 aromatic rings. The maximum Gasteiger partial charge on any atom is 0.0124 e. The Balaban J connectivity index is 1.58. The Bertz CT molecular complexity index is 322. The molecular formula is C19H36N2. The van der Waals surface area contributed by atoms with E-state index in [1.165, 1.54) is 70.9 Å². The summed E-state index contributed by atoms with van der Waals surface area (Å²) >= 11 is 0. The summed E-state index contributed by atoms with van der Waals surface area (Å²) in [6.07, 6.45) is 12.8. The molecule has 2 nitrogen and oxygen atoms in total. The minimum absolute atomic E-state index is 0.463. The second-order valence-corrected chi connectivity index (χ2v) is 8.49. The first kappa shape index (κ1) is 15.8. The van der Waals surface area contributed by atoms with Crippen LogP contribution < -0.4 is 5.73 Å². The third kappa shape index (κ3) is 3.64. The molecule has 3 fully saturated rings. The van der Waals surface area contributed by atoms with E-state index in [-0.39, 0.29) is 0 Å². The van der Waals surface area contributed by atoms with E-state index < -0.39 is 0 Å². The third-order valence-corrected chi connectivity index (χ3v) is 6.85. The highest BCUT2D eigenvalue weighted by Crippen LogP contribution is 2.38. The summed E-state index contributed by atoms with van der Waals surface area (Å²) in [5.41, 5.74) is 6.49. The van der Waals surface area contributed by atoms with Crippen molar-refractivity contribution < 1.29 is 0 Å². The van der Waals surface area contributed by atoms with E-state index in [4.69, 9.17) is 5.73 Å². The normalized spacial score (nSPS) is 39.4. The first-order chi connectivity index (χ1) is 10.1. The van der Waals surface area contributed by atoms with Crippen LogP contribution in [0.1, 0.15) is 71.6 Å². The maximum atomic E-state index is 6.49. The summed E-state index contributed by atoms with van der Waals surface area (Å²) in [6.45, 7) is 7.44. The average Bonchev–Trinajstić information content (AvgIpc) is 3.11. The van der Waals surface area contributed by atoms with E-state index >= 15 is 0 Å². The topological polar surface area (TPSA) is 29.3 Å². The van der Waals surface area contributed by atoms with Crippen molar-refractivity contribution in [2.75, 3.05) is 13.1 Å². The molecule has 0 spiro atoms. The van der Waals surface area contributed by atoms with Crippen molar-refractivity contribution >= 4 is 0 Å². The number of nitrogens with zero attached hydrogens (tertiary/aromatic N) is 1. The van der Waals surface area contributed by atoms with Gasteiger partial charge in [-0.25, -0.2) is 0 Å². The Morgan fingerprint density at radius 3 is 2.48 bits per heavy atom. The highest BCUT2D eigenvalue weighted by Gasteiger charge is 2.37. The van der Waals surface area contributed by atoms with E-state index in [9.17, 15) is 0 Å². The number of hydrogen-bond donors (Lipinski definition) is 1. The lowest BCUT2D eigenvalue weighted by molar-refractivity contribution is 0.111. The maximum absolute atomic E-state index is 6.49. The molecule has 4 atom stereocenters. The highest BCUT2D eigenvalue weighted by molar-refractivity contribution is 4.92. The van der Waals surface area contributed by atoms with Crippen molar-refractivity contribution in [2.24, 2.45) is 29.4 Å². The summed E-state index contributed by atoms with van der Waals surface area (Å²) in [5.74, 6) is 3.52. The molecule has 2 saturated carbocycles. The van der Waals surface area contributed by atoms with E-state index in [1.54, 1.807) is 0 Å². The van der Waals surface area contributed by atoms with Gasteiger partial charge in [0.15, 0.2) is 0 Å². The van der Waals surface area contributed by atoms with Crippen LogP contribution in [0.5, 0.6) is 0 Å². The second kappa shape index (κ2) is 7.00. The minimum atomic E-state index is 0.463. The third-order valence-electron chi connectivity index (χ3n) is 6.85. The number of nitrogens with two attached hydrogens (primary N) is 1. The number of rotatable bonds is 4. The first-order valence-corrected chi connectivity index (χ1v) is 9.64. The van der Waals surface area contributed by atoms with Gasteiger partial charge in [-0.05, 0) is 75.2 Å².